The van der Waals surface area contributed by atoms with E-state index in [2.05, 4.69) is 16.8 Å². The first kappa shape index (κ1) is 15.7. The first-order valence-corrected chi connectivity index (χ1v) is 8.92. The molecule has 22 heavy (non-hydrogen) atoms. The Morgan fingerprint density at radius 2 is 2.14 bits per heavy atom. The summed E-state index contributed by atoms with van der Waals surface area (Å²) < 4.78 is 5.23. The van der Waals surface area contributed by atoms with Crippen LogP contribution in [0.4, 0.5) is 0 Å². The van der Waals surface area contributed by atoms with Crippen LogP contribution in [0, 0.1) is 0 Å². The SMILES string of the molecule is COc1cccc(SCC(=O)N2CC[C@@H]3CC[C@H](C2)N3C)c1. The van der Waals surface area contributed by atoms with Crippen molar-refractivity contribution < 1.29 is 9.53 Å². The van der Waals surface area contributed by atoms with Crippen LogP contribution in [0.15, 0.2) is 29.2 Å². The van der Waals surface area contributed by atoms with Gasteiger partial charge in [-0.05, 0) is 44.5 Å². The molecule has 4 nitrogen and oxygen atoms in total. The summed E-state index contributed by atoms with van der Waals surface area (Å²) >= 11 is 1.59. The van der Waals surface area contributed by atoms with Gasteiger partial charge in [-0.2, -0.15) is 0 Å². The highest BCUT2D eigenvalue weighted by molar-refractivity contribution is 8.00. The van der Waals surface area contributed by atoms with Crippen molar-refractivity contribution in [2.45, 2.75) is 36.2 Å². The zero-order valence-corrected chi connectivity index (χ0v) is 14.1. The lowest BCUT2D eigenvalue weighted by Crippen LogP contribution is -2.40. The van der Waals surface area contributed by atoms with Crippen molar-refractivity contribution in [1.82, 2.24) is 9.80 Å². The Morgan fingerprint density at radius 3 is 2.95 bits per heavy atom. The molecule has 0 saturated carbocycles. The molecule has 2 aliphatic rings. The van der Waals surface area contributed by atoms with Gasteiger partial charge in [0.1, 0.15) is 5.75 Å². The average Bonchev–Trinajstić information content (AvgIpc) is 2.78. The maximum absolute atomic E-state index is 12.5. The summed E-state index contributed by atoms with van der Waals surface area (Å²) in [6, 6.07) is 9.13. The number of hydrogen-bond donors (Lipinski definition) is 0. The average molecular weight is 320 g/mol. The van der Waals surface area contributed by atoms with Crippen LogP contribution in [0.1, 0.15) is 19.3 Å². The largest absolute Gasteiger partial charge is 0.497 e. The van der Waals surface area contributed by atoms with Crippen molar-refractivity contribution in [3.63, 3.8) is 0 Å². The third kappa shape index (κ3) is 3.41. The van der Waals surface area contributed by atoms with Crippen LogP contribution in [0.5, 0.6) is 5.75 Å². The second-order valence-corrected chi connectivity index (χ2v) is 7.20. The minimum atomic E-state index is 0.258. The first-order chi connectivity index (χ1) is 10.7. The third-order valence-corrected chi connectivity index (χ3v) is 5.88. The number of likely N-dealkylation sites (N-methyl/N-ethyl adjacent to an activating group) is 1. The Labute approximate surface area is 136 Å². The molecule has 0 spiro atoms. The molecule has 0 aliphatic carbocycles. The maximum Gasteiger partial charge on any atom is 0.232 e. The molecular weight excluding hydrogens is 296 g/mol. The smallest absolute Gasteiger partial charge is 0.232 e. The summed E-state index contributed by atoms with van der Waals surface area (Å²) in [7, 11) is 3.87. The molecule has 0 aromatic heterocycles. The molecule has 2 atom stereocenters. The minimum absolute atomic E-state index is 0.258. The number of fused-ring (bicyclic) bond motifs is 2. The van der Waals surface area contributed by atoms with Gasteiger partial charge >= 0.3 is 0 Å². The highest BCUT2D eigenvalue weighted by Gasteiger charge is 2.35. The van der Waals surface area contributed by atoms with E-state index in [1.165, 1.54) is 12.8 Å². The molecule has 0 N–H and O–H groups in total. The van der Waals surface area contributed by atoms with Crippen molar-refractivity contribution in [1.29, 1.82) is 0 Å². The molecule has 5 heteroatoms. The lowest BCUT2D eigenvalue weighted by atomic mass is 10.1. The zero-order valence-electron chi connectivity index (χ0n) is 13.3. The summed E-state index contributed by atoms with van der Waals surface area (Å²) in [5.74, 6) is 1.61. The molecule has 2 bridgehead atoms. The monoisotopic (exact) mass is 320 g/mol. The third-order valence-electron chi connectivity index (χ3n) is 4.90. The number of carbonyl (C=O) groups excluding carboxylic acids is 1. The first-order valence-electron chi connectivity index (χ1n) is 7.94. The fourth-order valence-electron chi connectivity index (χ4n) is 3.46. The van der Waals surface area contributed by atoms with E-state index in [9.17, 15) is 4.79 Å². The Bertz CT molecular complexity index is 537. The van der Waals surface area contributed by atoms with E-state index in [-0.39, 0.29) is 5.91 Å². The summed E-state index contributed by atoms with van der Waals surface area (Å²) in [5, 5.41) is 0. The number of likely N-dealkylation sites (tertiary alicyclic amines) is 1. The number of thioether (sulfide) groups is 1. The maximum atomic E-state index is 12.5. The van der Waals surface area contributed by atoms with Crippen LogP contribution < -0.4 is 4.74 Å². The van der Waals surface area contributed by atoms with Crippen molar-refractivity contribution in [2.24, 2.45) is 0 Å². The molecule has 1 aromatic rings. The molecule has 3 rings (SSSR count). The number of rotatable bonds is 4. The topological polar surface area (TPSA) is 32.8 Å². The molecule has 2 fully saturated rings. The van der Waals surface area contributed by atoms with Gasteiger partial charge in [0.25, 0.3) is 0 Å². The lowest BCUT2D eigenvalue weighted by molar-refractivity contribution is -0.128. The summed E-state index contributed by atoms with van der Waals surface area (Å²) in [4.78, 5) is 18.1. The number of ether oxygens (including phenoxy) is 1. The predicted octanol–water partition coefficient (Wildman–Crippen LogP) is 2.48. The molecule has 120 valence electrons. The van der Waals surface area contributed by atoms with Crippen LogP contribution in [0.25, 0.3) is 0 Å². The number of amides is 1. The molecule has 1 aromatic carbocycles. The number of benzene rings is 1. The van der Waals surface area contributed by atoms with Crippen molar-refractivity contribution in [2.75, 3.05) is 33.0 Å². The van der Waals surface area contributed by atoms with Crippen LogP contribution in [0.2, 0.25) is 0 Å². The minimum Gasteiger partial charge on any atom is -0.497 e. The van der Waals surface area contributed by atoms with E-state index in [1.807, 2.05) is 24.3 Å². The quantitative estimate of drug-likeness (QED) is 0.798. The molecule has 0 radical (unpaired) electrons. The van der Waals surface area contributed by atoms with Gasteiger partial charge in [0.2, 0.25) is 5.91 Å². The Kier molecular flexibility index (Phi) is 4.93. The van der Waals surface area contributed by atoms with E-state index >= 15 is 0 Å². The molecule has 1 amide bonds. The fourth-order valence-corrected chi connectivity index (χ4v) is 4.31. The van der Waals surface area contributed by atoms with Crippen LogP contribution >= 0.6 is 11.8 Å². The summed E-state index contributed by atoms with van der Waals surface area (Å²) in [6.07, 6.45) is 3.64. The molecule has 2 aliphatic heterocycles. The normalized spacial score (nSPS) is 25.1. The predicted molar refractivity (Wildman–Crippen MR) is 89.5 cm³/mol. The van der Waals surface area contributed by atoms with Gasteiger partial charge in [-0.1, -0.05) is 6.07 Å². The highest BCUT2D eigenvalue weighted by Crippen LogP contribution is 2.29. The Morgan fingerprint density at radius 1 is 1.32 bits per heavy atom. The van der Waals surface area contributed by atoms with E-state index in [0.717, 1.165) is 30.2 Å². The molecule has 0 unspecified atom stereocenters. The number of hydrogen-bond acceptors (Lipinski definition) is 4. The molecule has 2 saturated heterocycles. The van der Waals surface area contributed by atoms with E-state index in [0.29, 0.717) is 17.8 Å². The van der Waals surface area contributed by atoms with Gasteiger partial charge in [-0.25, -0.2) is 0 Å². The van der Waals surface area contributed by atoms with Gasteiger partial charge < -0.3 is 9.64 Å². The van der Waals surface area contributed by atoms with Crippen molar-refractivity contribution in [3.05, 3.63) is 24.3 Å². The van der Waals surface area contributed by atoms with Crippen LogP contribution in [-0.4, -0.2) is 60.8 Å². The van der Waals surface area contributed by atoms with Crippen LogP contribution in [0.3, 0.4) is 0 Å². The number of methoxy groups -OCH3 is 1. The summed E-state index contributed by atoms with van der Waals surface area (Å²) in [5.41, 5.74) is 0. The van der Waals surface area contributed by atoms with E-state index in [1.54, 1.807) is 18.9 Å². The lowest BCUT2D eigenvalue weighted by Gasteiger charge is -2.25. The van der Waals surface area contributed by atoms with Gasteiger partial charge in [-0.15, -0.1) is 11.8 Å². The second-order valence-electron chi connectivity index (χ2n) is 6.15. The molecular formula is C17H24N2O2S. The standard InChI is InChI=1S/C17H24N2O2S/c1-18-13-6-7-14(18)11-19(9-8-13)17(20)12-22-16-5-3-4-15(10-16)21-2/h3-5,10,13-14H,6-9,11-12H2,1-2H3/t13-,14+/m0/s1. The van der Waals surface area contributed by atoms with Gasteiger partial charge in [-0.3, -0.25) is 9.69 Å². The highest BCUT2D eigenvalue weighted by atomic mass is 32.2. The number of carbonyl (C=O) groups is 1. The van der Waals surface area contributed by atoms with Gasteiger partial charge in [0.05, 0.1) is 12.9 Å². The van der Waals surface area contributed by atoms with E-state index in [4.69, 9.17) is 4.74 Å². The summed E-state index contributed by atoms with van der Waals surface area (Å²) in [6.45, 7) is 1.80. The molecule has 2 heterocycles. The van der Waals surface area contributed by atoms with Crippen LogP contribution in [-0.2, 0) is 4.79 Å². The van der Waals surface area contributed by atoms with Gasteiger partial charge in [0.15, 0.2) is 0 Å². The Balaban J connectivity index is 1.55. The van der Waals surface area contributed by atoms with Crippen molar-refractivity contribution >= 4 is 17.7 Å². The zero-order chi connectivity index (χ0) is 15.5. The van der Waals surface area contributed by atoms with Crippen molar-refractivity contribution in [3.8, 4) is 5.75 Å². The fraction of sp³-hybridized carbons (Fsp3) is 0.588. The van der Waals surface area contributed by atoms with Gasteiger partial charge in [0, 0.05) is 30.1 Å². The van der Waals surface area contributed by atoms with E-state index < -0.39 is 0 Å². The number of nitrogens with zero attached hydrogens (tertiary/aromatic N) is 2. The Hall–Kier alpha value is -1.20. The second kappa shape index (κ2) is 6.92.